The van der Waals surface area contributed by atoms with Crippen LogP contribution >= 0.6 is 23.2 Å². The number of furan rings is 1. The largest absolute Gasteiger partial charge is 0.488 e. The molecule has 10 nitrogen and oxygen atoms in total. The Hall–Kier alpha value is -4.09. The fraction of sp³-hybridized carbons (Fsp3) is 0.290. The number of nitrogens with zero attached hydrogens (tertiary/aromatic N) is 2. The Labute approximate surface area is 282 Å². The average Bonchev–Trinajstić information content (AvgIpc) is 3.69. The van der Waals surface area contributed by atoms with Crippen molar-refractivity contribution >= 4 is 70.8 Å². The van der Waals surface area contributed by atoms with Crippen molar-refractivity contribution in [1.29, 1.82) is 0 Å². The van der Waals surface area contributed by atoms with Gasteiger partial charge in [-0.25, -0.2) is 26.9 Å². The predicted molar refractivity (Wildman–Crippen MR) is 160 cm³/mol. The fourth-order valence-corrected chi connectivity index (χ4v) is 8.51. The highest BCUT2D eigenvalue weighted by atomic mass is 35.5. The summed E-state index contributed by atoms with van der Waals surface area (Å²) in [7, 11) is -1.93. The predicted octanol–water partition coefficient (Wildman–Crippen LogP) is 2.92. The van der Waals surface area contributed by atoms with E-state index in [-0.39, 0.29) is 39.6 Å². The summed E-state index contributed by atoms with van der Waals surface area (Å²) >= 11 is 14.0. The molecule has 7 rings (SSSR count). The highest BCUT2D eigenvalue weighted by Gasteiger charge is 2.77. The SMILES string of the molecule is O=C1[C@H]2[C@H](CC=C3[C@H]2C[C@@]2(Cl)C(=O)N(c4c(F)c(F)c(F)c(F)c4F)C(=O)[C@@]2(Cl)[C@H]3c2ccc(CO)o2)C(=O)N1c1cccc(B(O)O)c1. The lowest BCUT2D eigenvalue weighted by Gasteiger charge is -2.49. The summed E-state index contributed by atoms with van der Waals surface area (Å²) < 4.78 is 78.6. The number of benzene rings is 2. The van der Waals surface area contributed by atoms with Gasteiger partial charge in [0.15, 0.2) is 33.0 Å². The Bertz CT molecular complexity index is 2020. The van der Waals surface area contributed by atoms with Crippen LogP contribution in [0.1, 0.15) is 30.3 Å². The Morgan fingerprint density at radius 1 is 0.857 bits per heavy atom. The molecule has 2 aliphatic heterocycles. The van der Waals surface area contributed by atoms with Gasteiger partial charge in [-0.05, 0) is 48.5 Å². The third-order valence-electron chi connectivity index (χ3n) is 9.77. The van der Waals surface area contributed by atoms with Gasteiger partial charge in [-0.2, -0.15) is 0 Å². The van der Waals surface area contributed by atoms with E-state index in [0.29, 0.717) is 0 Å². The lowest BCUT2D eigenvalue weighted by molar-refractivity contribution is -0.125. The van der Waals surface area contributed by atoms with Crippen LogP contribution in [-0.2, 0) is 25.8 Å². The van der Waals surface area contributed by atoms with E-state index in [1.807, 2.05) is 0 Å². The summed E-state index contributed by atoms with van der Waals surface area (Å²) in [6, 6.07) is 7.88. The average molecular weight is 725 g/mol. The van der Waals surface area contributed by atoms with E-state index in [1.165, 1.54) is 42.5 Å². The second-order valence-electron chi connectivity index (χ2n) is 12.1. The second kappa shape index (κ2) is 11.2. The molecule has 254 valence electrons. The molecule has 1 aromatic heterocycles. The number of imide groups is 2. The van der Waals surface area contributed by atoms with E-state index < -0.39 is 112 Å². The van der Waals surface area contributed by atoms with Crippen LogP contribution in [0.2, 0.25) is 0 Å². The molecule has 0 unspecified atom stereocenters. The quantitative estimate of drug-likeness (QED) is 0.0693. The number of anilines is 2. The number of halogens is 7. The van der Waals surface area contributed by atoms with Gasteiger partial charge < -0.3 is 19.6 Å². The van der Waals surface area contributed by atoms with Gasteiger partial charge in [-0.1, -0.05) is 23.8 Å². The molecule has 4 aliphatic rings. The van der Waals surface area contributed by atoms with Crippen LogP contribution in [0.5, 0.6) is 0 Å². The number of carbonyl (C=O) groups is 4. The van der Waals surface area contributed by atoms with Gasteiger partial charge in [0.1, 0.15) is 23.8 Å². The third kappa shape index (κ3) is 4.30. The zero-order valence-corrected chi connectivity index (χ0v) is 26.0. The molecule has 2 aliphatic carbocycles. The fourth-order valence-electron chi connectivity index (χ4n) is 7.59. The molecule has 0 radical (unpaired) electrons. The van der Waals surface area contributed by atoms with Crippen LogP contribution < -0.4 is 15.3 Å². The molecule has 2 aromatic carbocycles. The van der Waals surface area contributed by atoms with E-state index >= 15 is 8.78 Å². The number of allylic oxidation sites excluding steroid dienone is 2. The van der Waals surface area contributed by atoms with Crippen molar-refractivity contribution < 1.29 is 60.7 Å². The Morgan fingerprint density at radius 2 is 1.51 bits per heavy atom. The molecular weight excluding hydrogens is 705 g/mol. The maximum absolute atomic E-state index is 15.1. The minimum Gasteiger partial charge on any atom is -0.463 e. The summed E-state index contributed by atoms with van der Waals surface area (Å²) in [5, 5.41) is 29.0. The highest BCUT2D eigenvalue weighted by Crippen LogP contribution is 2.66. The molecule has 18 heteroatoms. The van der Waals surface area contributed by atoms with Crippen molar-refractivity contribution in [3.05, 3.63) is 88.7 Å². The molecule has 1 saturated carbocycles. The van der Waals surface area contributed by atoms with Crippen LogP contribution in [0.15, 0.2) is 52.5 Å². The standard InChI is InChI=1S/C31H20BCl2F5N2O8/c33-30-9-16-14(5-6-15-18(16)27(44)40(26(15)43)12-3-1-2-11(8-12)32(47)48)19(17-7-4-13(10-42)49-17)31(30,34)29(46)41(28(30)45)25-23(38)21(36)20(35)22(37)24(25)39/h1-5,7-8,15-16,18-19,42,47-48H,6,9-10H2/t15-,16+,18-,19+,30+,31-/m0/s1. The van der Waals surface area contributed by atoms with Crippen LogP contribution in [0.3, 0.4) is 0 Å². The number of carbonyl (C=O) groups excluding carboxylic acids is 4. The van der Waals surface area contributed by atoms with Crippen LogP contribution in [0.25, 0.3) is 0 Å². The lowest BCUT2D eigenvalue weighted by Crippen LogP contribution is -2.60. The van der Waals surface area contributed by atoms with Gasteiger partial charge in [0, 0.05) is 0 Å². The molecule has 3 heterocycles. The summed E-state index contributed by atoms with van der Waals surface area (Å²) in [6.45, 7) is -0.645. The molecule has 3 N–H and O–H groups in total. The maximum Gasteiger partial charge on any atom is 0.488 e. The minimum atomic E-state index is -2.76. The van der Waals surface area contributed by atoms with Gasteiger partial charge in [0.25, 0.3) is 11.8 Å². The van der Waals surface area contributed by atoms with E-state index in [4.69, 9.17) is 27.6 Å². The van der Waals surface area contributed by atoms with Crippen molar-refractivity contribution in [3.63, 3.8) is 0 Å². The summed E-state index contributed by atoms with van der Waals surface area (Å²) in [5.41, 5.74) is -1.78. The molecule has 2 saturated heterocycles. The summed E-state index contributed by atoms with van der Waals surface area (Å²) in [5.74, 6) is -22.6. The first-order valence-electron chi connectivity index (χ1n) is 14.6. The third-order valence-corrected chi connectivity index (χ3v) is 11.2. The van der Waals surface area contributed by atoms with Gasteiger partial charge >= 0.3 is 7.12 Å². The smallest absolute Gasteiger partial charge is 0.463 e. The second-order valence-corrected chi connectivity index (χ2v) is 13.4. The molecule has 0 bridgehead atoms. The first-order valence-corrected chi connectivity index (χ1v) is 15.4. The highest BCUT2D eigenvalue weighted by molar-refractivity contribution is 6.59. The van der Waals surface area contributed by atoms with Gasteiger partial charge in [0.05, 0.1) is 23.4 Å². The molecule has 3 aromatic rings. The molecule has 49 heavy (non-hydrogen) atoms. The first-order chi connectivity index (χ1) is 23.1. The first kappa shape index (κ1) is 33.4. The van der Waals surface area contributed by atoms with Gasteiger partial charge in [-0.15, -0.1) is 23.2 Å². The number of fused-ring (bicyclic) bond motifs is 4. The number of alkyl halides is 2. The van der Waals surface area contributed by atoms with Crippen molar-refractivity contribution in [3.8, 4) is 0 Å². The van der Waals surface area contributed by atoms with E-state index in [1.54, 1.807) is 0 Å². The maximum atomic E-state index is 15.1. The van der Waals surface area contributed by atoms with Crippen molar-refractivity contribution in [2.24, 2.45) is 17.8 Å². The molecular formula is C31H20BCl2F5N2O8. The van der Waals surface area contributed by atoms with Gasteiger partial charge in [0.2, 0.25) is 17.6 Å². The summed E-state index contributed by atoms with van der Waals surface area (Å²) in [6.07, 6.45) is 0.656. The van der Waals surface area contributed by atoms with Crippen LogP contribution in [-0.4, -0.2) is 55.7 Å². The number of amides is 4. The normalized spacial score (nSPS) is 29.3. The van der Waals surface area contributed by atoms with Crippen molar-refractivity contribution in [2.75, 3.05) is 9.80 Å². The topological polar surface area (TPSA) is 149 Å². The minimum absolute atomic E-state index is 0.000539. The van der Waals surface area contributed by atoms with E-state index in [2.05, 4.69) is 0 Å². The van der Waals surface area contributed by atoms with Crippen molar-refractivity contribution in [2.45, 2.75) is 35.1 Å². The Kier molecular flexibility index (Phi) is 7.65. The number of aliphatic hydroxyl groups is 1. The number of aliphatic hydroxyl groups excluding tert-OH is 1. The van der Waals surface area contributed by atoms with E-state index in [9.17, 15) is 47.5 Å². The zero-order chi connectivity index (χ0) is 35.5. The van der Waals surface area contributed by atoms with Gasteiger partial charge in [-0.3, -0.25) is 24.1 Å². The molecule has 6 atom stereocenters. The van der Waals surface area contributed by atoms with E-state index in [0.717, 1.165) is 4.90 Å². The Balaban J connectivity index is 1.40. The zero-order valence-electron chi connectivity index (χ0n) is 24.5. The lowest BCUT2D eigenvalue weighted by atomic mass is 9.57. The summed E-state index contributed by atoms with van der Waals surface area (Å²) in [4.78, 5) is 51.2. The van der Waals surface area contributed by atoms with Crippen LogP contribution in [0.4, 0.5) is 33.3 Å². The monoisotopic (exact) mass is 724 g/mol. The van der Waals surface area contributed by atoms with Crippen LogP contribution in [0, 0.1) is 46.8 Å². The van der Waals surface area contributed by atoms with Crippen molar-refractivity contribution in [1.82, 2.24) is 0 Å². The molecule has 0 spiro atoms. The number of hydrogen-bond donors (Lipinski definition) is 3. The molecule has 4 amide bonds. The molecule has 3 fully saturated rings. The number of hydrogen-bond acceptors (Lipinski definition) is 8. The number of rotatable bonds is 5. The Morgan fingerprint density at radius 3 is 2.12 bits per heavy atom.